The molecule has 0 fully saturated rings. The molecule has 0 radical (unpaired) electrons. The average Bonchev–Trinajstić information content (AvgIpc) is 3.21. The SMILES string of the molecule is COc1ccc([C@H]2c3cccn3CCN2C(=O)Nc2cccc(Cl)c2)cc1OC. The van der Waals surface area contributed by atoms with Gasteiger partial charge in [-0.15, -0.1) is 0 Å². The highest BCUT2D eigenvalue weighted by Gasteiger charge is 2.32. The van der Waals surface area contributed by atoms with Gasteiger partial charge in [-0.1, -0.05) is 23.7 Å². The summed E-state index contributed by atoms with van der Waals surface area (Å²) < 4.78 is 13.0. The number of anilines is 1. The molecule has 2 heterocycles. The number of benzene rings is 2. The third-order valence-corrected chi connectivity index (χ3v) is 5.33. The van der Waals surface area contributed by atoms with Crippen LogP contribution in [-0.4, -0.2) is 36.3 Å². The van der Waals surface area contributed by atoms with Gasteiger partial charge in [0, 0.05) is 35.7 Å². The predicted molar refractivity (Wildman–Crippen MR) is 113 cm³/mol. The lowest BCUT2D eigenvalue weighted by molar-refractivity contribution is 0.181. The smallest absolute Gasteiger partial charge is 0.322 e. The van der Waals surface area contributed by atoms with Gasteiger partial charge in [0.05, 0.1) is 20.3 Å². The molecule has 0 saturated heterocycles. The fourth-order valence-electron chi connectivity index (χ4n) is 3.74. The Labute approximate surface area is 174 Å². The number of aromatic nitrogens is 1. The Hall–Kier alpha value is -3.12. The van der Waals surface area contributed by atoms with Crippen molar-refractivity contribution in [1.29, 1.82) is 0 Å². The summed E-state index contributed by atoms with van der Waals surface area (Å²) in [5.74, 6) is 1.28. The first-order valence-corrected chi connectivity index (χ1v) is 9.68. The van der Waals surface area contributed by atoms with Crippen LogP contribution in [0.3, 0.4) is 0 Å². The topological polar surface area (TPSA) is 55.7 Å². The number of amides is 2. The maximum absolute atomic E-state index is 13.2. The molecule has 1 aromatic heterocycles. The van der Waals surface area contributed by atoms with Crippen molar-refractivity contribution in [3.63, 3.8) is 0 Å². The number of nitrogens with zero attached hydrogens (tertiary/aromatic N) is 2. The van der Waals surface area contributed by atoms with E-state index < -0.39 is 0 Å². The number of methoxy groups -OCH3 is 2. The van der Waals surface area contributed by atoms with Crippen molar-refractivity contribution in [2.45, 2.75) is 12.6 Å². The van der Waals surface area contributed by atoms with Gasteiger partial charge < -0.3 is 24.3 Å². The summed E-state index contributed by atoms with van der Waals surface area (Å²) >= 11 is 6.06. The van der Waals surface area contributed by atoms with E-state index in [1.165, 1.54) is 0 Å². The molecule has 0 saturated carbocycles. The van der Waals surface area contributed by atoms with E-state index in [2.05, 4.69) is 9.88 Å². The van der Waals surface area contributed by atoms with Gasteiger partial charge in [0.2, 0.25) is 0 Å². The van der Waals surface area contributed by atoms with Gasteiger partial charge in [0.1, 0.15) is 0 Å². The van der Waals surface area contributed by atoms with Crippen molar-refractivity contribution < 1.29 is 14.3 Å². The molecule has 1 N–H and O–H groups in total. The Morgan fingerprint density at radius 2 is 1.86 bits per heavy atom. The molecule has 1 aliphatic rings. The molecule has 2 aromatic carbocycles. The summed E-state index contributed by atoms with van der Waals surface area (Å²) in [5, 5.41) is 3.54. The van der Waals surface area contributed by atoms with Crippen molar-refractivity contribution in [1.82, 2.24) is 9.47 Å². The maximum atomic E-state index is 13.2. The zero-order valence-electron chi connectivity index (χ0n) is 16.3. The Morgan fingerprint density at radius 1 is 1.03 bits per heavy atom. The van der Waals surface area contributed by atoms with Gasteiger partial charge in [0.25, 0.3) is 0 Å². The second-order valence-electron chi connectivity index (χ2n) is 6.78. The third kappa shape index (κ3) is 3.76. The first-order chi connectivity index (χ1) is 14.1. The van der Waals surface area contributed by atoms with Crippen LogP contribution in [0.5, 0.6) is 11.5 Å². The highest BCUT2D eigenvalue weighted by Crippen LogP contribution is 2.37. The van der Waals surface area contributed by atoms with Gasteiger partial charge in [0.15, 0.2) is 11.5 Å². The van der Waals surface area contributed by atoms with Gasteiger partial charge in [-0.3, -0.25) is 0 Å². The van der Waals surface area contributed by atoms with Crippen molar-refractivity contribution in [2.75, 3.05) is 26.1 Å². The first-order valence-electron chi connectivity index (χ1n) is 9.31. The largest absolute Gasteiger partial charge is 0.493 e. The second-order valence-corrected chi connectivity index (χ2v) is 7.21. The Kier molecular flexibility index (Phi) is 5.36. The molecule has 4 rings (SSSR count). The number of fused-ring (bicyclic) bond motifs is 1. The summed E-state index contributed by atoms with van der Waals surface area (Å²) in [5.41, 5.74) is 2.66. The Morgan fingerprint density at radius 3 is 2.62 bits per heavy atom. The van der Waals surface area contributed by atoms with E-state index >= 15 is 0 Å². The minimum atomic E-state index is -0.252. The number of carbonyl (C=O) groups excluding carboxylic acids is 1. The highest BCUT2D eigenvalue weighted by atomic mass is 35.5. The molecule has 29 heavy (non-hydrogen) atoms. The van der Waals surface area contributed by atoms with Gasteiger partial charge in [-0.2, -0.15) is 0 Å². The lowest BCUT2D eigenvalue weighted by atomic mass is 9.99. The molecular weight excluding hydrogens is 390 g/mol. The van der Waals surface area contributed by atoms with E-state index in [1.807, 2.05) is 53.6 Å². The monoisotopic (exact) mass is 411 g/mol. The van der Waals surface area contributed by atoms with E-state index in [0.717, 1.165) is 17.8 Å². The molecule has 2 amide bonds. The van der Waals surface area contributed by atoms with Gasteiger partial charge in [-0.25, -0.2) is 4.79 Å². The van der Waals surface area contributed by atoms with Gasteiger partial charge in [-0.05, 0) is 48.0 Å². The van der Waals surface area contributed by atoms with Crippen LogP contribution in [-0.2, 0) is 6.54 Å². The normalized spacial score (nSPS) is 15.6. The number of halogens is 1. The van der Waals surface area contributed by atoms with E-state index in [-0.39, 0.29) is 12.1 Å². The Bertz CT molecular complexity index is 1030. The van der Waals surface area contributed by atoms with E-state index in [4.69, 9.17) is 21.1 Å². The van der Waals surface area contributed by atoms with Crippen LogP contribution in [0.15, 0.2) is 60.8 Å². The number of nitrogens with one attached hydrogen (secondary N) is 1. The lowest BCUT2D eigenvalue weighted by Gasteiger charge is -2.37. The van der Waals surface area contributed by atoms with Crippen molar-refractivity contribution >= 4 is 23.3 Å². The molecule has 6 nitrogen and oxygen atoms in total. The fraction of sp³-hybridized carbons (Fsp3) is 0.227. The standard InChI is InChI=1S/C22H22ClN3O3/c1-28-19-9-8-15(13-20(19)29-2)21-18-7-4-10-25(18)11-12-26(21)22(27)24-17-6-3-5-16(23)14-17/h3-10,13-14,21H,11-12H2,1-2H3,(H,24,27)/t21-/m0/s1. The van der Waals surface area contributed by atoms with Crippen LogP contribution in [0.2, 0.25) is 5.02 Å². The molecule has 0 bridgehead atoms. The summed E-state index contributed by atoms with van der Waals surface area (Å²) in [4.78, 5) is 15.0. The maximum Gasteiger partial charge on any atom is 0.322 e. The van der Waals surface area contributed by atoms with Crippen LogP contribution in [0.1, 0.15) is 17.3 Å². The Balaban J connectivity index is 1.70. The number of urea groups is 1. The van der Waals surface area contributed by atoms with Crippen LogP contribution in [0.25, 0.3) is 0 Å². The number of rotatable bonds is 4. The summed E-state index contributed by atoms with van der Waals surface area (Å²) in [6.45, 7) is 1.31. The molecule has 3 aromatic rings. The van der Waals surface area contributed by atoms with Gasteiger partial charge >= 0.3 is 6.03 Å². The molecule has 150 valence electrons. The molecule has 0 spiro atoms. The number of hydrogen-bond donors (Lipinski definition) is 1. The quantitative estimate of drug-likeness (QED) is 0.671. The minimum Gasteiger partial charge on any atom is -0.493 e. The summed E-state index contributed by atoms with van der Waals surface area (Å²) in [7, 11) is 3.21. The zero-order valence-corrected chi connectivity index (χ0v) is 17.0. The summed E-state index contributed by atoms with van der Waals surface area (Å²) in [6, 6.07) is 16.5. The fourth-order valence-corrected chi connectivity index (χ4v) is 3.93. The number of ether oxygens (including phenoxy) is 2. The molecule has 1 atom stereocenters. The van der Waals surface area contributed by atoms with Crippen molar-refractivity contribution in [3.8, 4) is 11.5 Å². The van der Waals surface area contributed by atoms with Crippen molar-refractivity contribution in [2.24, 2.45) is 0 Å². The highest BCUT2D eigenvalue weighted by molar-refractivity contribution is 6.30. The number of hydrogen-bond acceptors (Lipinski definition) is 3. The van der Waals surface area contributed by atoms with Crippen LogP contribution in [0, 0.1) is 0 Å². The lowest BCUT2D eigenvalue weighted by Crippen LogP contribution is -2.44. The molecule has 7 heteroatoms. The zero-order chi connectivity index (χ0) is 20.4. The third-order valence-electron chi connectivity index (χ3n) is 5.10. The summed E-state index contributed by atoms with van der Waals surface area (Å²) in [6.07, 6.45) is 2.04. The van der Waals surface area contributed by atoms with E-state index in [0.29, 0.717) is 28.8 Å². The molecule has 0 unspecified atom stereocenters. The minimum absolute atomic E-state index is 0.181. The average molecular weight is 412 g/mol. The van der Waals surface area contributed by atoms with Crippen molar-refractivity contribution in [3.05, 3.63) is 77.1 Å². The van der Waals surface area contributed by atoms with E-state index in [9.17, 15) is 4.79 Å². The molecular formula is C22H22ClN3O3. The van der Waals surface area contributed by atoms with E-state index in [1.54, 1.807) is 26.4 Å². The van der Waals surface area contributed by atoms with Crippen LogP contribution >= 0.6 is 11.6 Å². The molecule has 1 aliphatic heterocycles. The number of carbonyl (C=O) groups is 1. The molecule has 0 aliphatic carbocycles. The van der Waals surface area contributed by atoms with Crippen LogP contribution < -0.4 is 14.8 Å². The predicted octanol–water partition coefficient (Wildman–Crippen LogP) is 4.80. The first kappa shape index (κ1) is 19.2. The second kappa shape index (κ2) is 8.09. The van der Waals surface area contributed by atoms with Crippen LogP contribution in [0.4, 0.5) is 10.5 Å².